The third-order valence-corrected chi connectivity index (χ3v) is 7.29. The zero-order valence-electron chi connectivity index (χ0n) is 22.1. The van der Waals surface area contributed by atoms with E-state index < -0.39 is 0 Å². The van der Waals surface area contributed by atoms with E-state index in [2.05, 4.69) is 41.3 Å². The van der Waals surface area contributed by atoms with E-state index in [0.717, 1.165) is 71.0 Å². The van der Waals surface area contributed by atoms with Crippen LogP contribution in [0.3, 0.4) is 0 Å². The van der Waals surface area contributed by atoms with Gasteiger partial charge in [-0.05, 0) is 47.5 Å². The van der Waals surface area contributed by atoms with E-state index in [-0.39, 0.29) is 12.3 Å². The van der Waals surface area contributed by atoms with Crippen LogP contribution in [0.15, 0.2) is 96.0 Å². The van der Waals surface area contributed by atoms with E-state index in [1.54, 1.807) is 18.6 Å². The number of carbonyl (C=O) groups excluding carboxylic acids is 1. The highest BCUT2D eigenvalue weighted by molar-refractivity contribution is 5.95. The van der Waals surface area contributed by atoms with E-state index >= 15 is 0 Å². The van der Waals surface area contributed by atoms with Crippen LogP contribution in [0.1, 0.15) is 5.69 Å². The quantitative estimate of drug-likeness (QED) is 0.319. The zero-order chi connectivity index (χ0) is 27.6. The van der Waals surface area contributed by atoms with Crippen LogP contribution >= 0.6 is 0 Å². The van der Waals surface area contributed by atoms with Crippen LogP contribution in [0.4, 0.5) is 17.3 Å². The molecule has 10 nitrogen and oxygen atoms in total. The number of aromatic nitrogens is 5. The van der Waals surface area contributed by atoms with Crippen molar-refractivity contribution in [1.82, 2.24) is 25.1 Å². The Kier molecular flexibility index (Phi) is 6.40. The van der Waals surface area contributed by atoms with E-state index in [0.29, 0.717) is 11.3 Å². The number of rotatable bonds is 6. The molecule has 0 saturated carbocycles. The molecule has 0 bridgehead atoms. The molecule has 1 N–H and O–H groups in total. The minimum Gasteiger partial charge on any atom is -0.356 e. The van der Waals surface area contributed by atoms with Crippen LogP contribution in [0.25, 0.3) is 33.1 Å². The van der Waals surface area contributed by atoms with Crippen molar-refractivity contribution in [3.05, 3.63) is 97.2 Å². The van der Waals surface area contributed by atoms with Gasteiger partial charge in [0.05, 0.1) is 29.8 Å². The average Bonchev–Trinajstić information content (AvgIpc) is 3.44. The first-order valence-corrected chi connectivity index (χ1v) is 13.5. The maximum absolute atomic E-state index is 12.7. The third kappa shape index (κ3) is 5.14. The molecule has 1 amide bonds. The van der Waals surface area contributed by atoms with Gasteiger partial charge < -0.3 is 19.6 Å². The van der Waals surface area contributed by atoms with E-state index in [4.69, 9.17) is 9.51 Å². The summed E-state index contributed by atoms with van der Waals surface area (Å²) in [5, 5.41) is 7.85. The van der Waals surface area contributed by atoms with Gasteiger partial charge in [-0.1, -0.05) is 35.5 Å². The highest BCUT2D eigenvalue weighted by atomic mass is 16.5. The van der Waals surface area contributed by atoms with Crippen LogP contribution in [0.5, 0.6) is 0 Å². The van der Waals surface area contributed by atoms with Gasteiger partial charge in [0.15, 0.2) is 5.58 Å². The van der Waals surface area contributed by atoms with Crippen molar-refractivity contribution in [1.29, 1.82) is 0 Å². The Hall–Kier alpha value is -5.38. The Morgan fingerprint density at radius 3 is 2.39 bits per heavy atom. The number of benzene rings is 3. The molecule has 3 aromatic heterocycles. The predicted octanol–water partition coefficient (Wildman–Crippen LogP) is 4.74. The second kappa shape index (κ2) is 10.6. The number of piperazine rings is 1. The maximum Gasteiger partial charge on any atom is 0.230 e. The molecule has 1 fully saturated rings. The largest absolute Gasteiger partial charge is 0.356 e. The van der Waals surface area contributed by atoms with Crippen molar-refractivity contribution in [3.8, 4) is 11.1 Å². The number of anilines is 3. The molecule has 6 aromatic rings. The van der Waals surface area contributed by atoms with Crippen LogP contribution in [0, 0.1) is 0 Å². The van der Waals surface area contributed by atoms with Crippen LogP contribution in [-0.4, -0.2) is 57.2 Å². The molecule has 202 valence electrons. The molecule has 0 atom stereocenters. The summed E-state index contributed by atoms with van der Waals surface area (Å²) in [6.45, 7) is 3.35. The number of fused-ring (bicyclic) bond motifs is 2. The molecule has 1 aliphatic heterocycles. The zero-order valence-corrected chi connectivity index (χ0v) is 22.1. The number of nitrogens with one attached hydrogen (secondary N) is 1. The summed E-state index contributed by atoms with van der Waals surface area (Å²) in [5.41, 5.74) is 5.76. The molecular weight excluding hydrogens is 516 g/mol. The Morgan fingerprint density at radius 1 is 0.805 bits per heavy atom. The lowest BCUT2D eigenvalue weighted by molar-refractivity contribution is -0.115. The minimum atomic E-state index is -0.150. The van der Waals surface area contributed by atoms with E-state index in [1.807, 2.05) is 66.9 Å². The summed E-state index contributed by atoms with van der Waals surface area (Å²) >= 11 is 0. The number of hydrogen-bond acceptors (Lipinski definition) is 9. The number of hydrogen-bond donors (Lipinski definition) is 1. The van der Waals surface area contributed by atoms with Crippen molar-refractivity contribution >= 4 is 45.2 Å². The molecule has 3 aromatic carbocycles. The van der Waals surface area contributed by atoms with Gasteiger partial charge >= 0.3 is 0 Å². The van der Waals surface area contributed by atoms with Gasteiger partial charge in [0.1, 0.15) is 17.3 Å². The lowest BCUT2D eigenvalue weighted by Crippen LogP contribution is -2.47. The fourth-order valence-corrected chi connectivity index (χ4v) is 5.12. The first-order valence-electron chi connectivity index (χ1n) is 13.5. The molecule has 0 aliphatic carbocycles. The van der Waals surface area contributed by atoms with Gasteiger partial charge in [-0.25, -0.2) is 9.97 Å². The lowest BCUT2D eigenvalue weighted by atomic mass is 10.0. The summed E-state index contributed by atoms with van der Waals surface area (Å²) in [5.74, 6) is 1.62. The number of para-hydroxylation sites is 1. The lowest BCUT2D eigenvalue weighted by Gasteiger charge is -2.35. The molecule has 10 heteroatoms. The molecule has 0 spiro atoms. The molecule has 0 unspecified atom stereocenters. The van der Waals surface area contributed by atoms with Gasteiger partial charge in [-0.3, -0.25) is 14.8 Å². The Balaban J connectivity index is 1.03. The maximum atomic E-state index is 12.7. The second-order valence-corrected chi connectivity index (χ2v) is 9.90. The highest BCUT2D eigenvalue weighted by Gasteiger charge is 2.20. The highest BCUT2D eigenvalue weighted by Crippen LogP contribution is 2.26. The minimum absolute atomic E-state index is 0.139. The SMILES string of the molecule is O=C(Cc1noc2ccccc12)Nc1ccc(-c2ccc3ncc(N4CCN(c5cnccn5)CC4)nc3c2)cc1. The topological polar surface area (TPSA) is 113 Å². The van der Waals surface area contributed by atoms with Crippen molar-refractivity contribution < 1.29 is 9.32 Å². The summed E-state index contributed by atoms with van der Waals surface area (Å²) in [7, 11) is 0. The van der Waals surface area contributed by atoms with Crippen LogP contribution < -0.4 is 15.1 Å². The standard InChI is InChI=1S/C31H26N8O2/c40-31(18-26-24-3-1-2-4-28(24)41-37-26)35-23-8-5-21(6-9-23)22-7-10-25-27(17-22)36-30(20-34-25)39-15-13-38(14-16-39)29-19-32-11-12-33-29/h1-12,17,19-20H,13-16,18H2,(H,35,40). The monoisotopic (exact) mass is 542 g/mol. The van der Waals surface area contributed by atoms with Crippen LogP contribution in [-0.2, 0) is 11.2 Å². The molecule has 4 heterocycles. The summed E-state index contributed by atoms with van der Waals surface area (Å²) in [6.07, 6.45) is 7.20. The predicted molar refractivity (Wildman–Crippen MR) is 158 cm³/mol. The van der Waals surface area contributed by atoms with E-state index in [9.17, 15) is 4.79 Å². The fraction of sp³-hybridized carbons (Fsp3) is 0.161. The van der Waals surface area contributed by atoms with Gasteiger partial charge in [0.2, 0.25) is 5.91 Å². The van der Waals surface area contributed by atoms with Crippen LogP contribution in [0.2, 0.25) is 0 Å². The molecule has 1 aliphatic rings. The van der Waals surface area contributed by atoms with Crippen molar-refractivity contribution in [3.63, 3.8) is 0 Å². The molecule has 7 rings (SSSR count). The summed E-state index contributed by atoms with van der Waals surface area (Å²) in [6, 6.07) is 21.4. The summed E-state index contributed by atoms with van der Waals surface area (Å²) in [4.78, 5) is 35.3. The fourth-order valence-electron chi connectivity index (χ4n) is 5.12. The van der Waals surface area contributed by atoms with Crippen molar-refractivity contribution in [2.45, 2.75) is 6.42 Å². The first kappa shape index (κ1) is 24.6. The Labute approximate surface area is 235 Å². The van der Waals surface area contributed by atoms with Gasteiger partial charge in [0.25, 0.3) is 0 Å². The van der Waals surface area contributed by atoms with Crippen molar-refractivity contribution in [2.24, 2.45) is 0 Å². The smallest absolute Gasteiger partial charge is 0.230 e. The number of amides is 1. The van der Waals surface area contributed by atoms with E-state index in [1.165, 1.54) is 0 Å². The molecule has 1 saturated heterocycles. The molecular formula is C31H26N8O2. The Morgan fingerprint density at radius 2 is 1.59 bits per heavy atom. The molecule has 41 heavy (non-hydrogen) atoms. The van der Waals surface area contributed by atoms with Crippen molar-refractivity contribution in [2.75, 3.05) is 41.3 Å². The number of nitrogens with zero attached hydrogens (tertiary/aromatic N) is 7. The normalized spacial score (nSPS) is 13.6. The number of carbonyl (C=O) groups is 1. The van der Waals surface area contributed by atoms with Gasteiger partial charge in [-0.15, -0.1) is 0 Å². The average molecular weight is 543 g/mol. The second-order valence-electron chi connectivity index (χ2n) is 9.90. The Bertz CT molecular complexity index is 1830. The summed E-state index contributed by atoms with van der Waals surface area (Å²) < 4.78 is 5.31. The van der Waals surface area contributed by atoms with Gasteiger partial charge in [0, 0.05) is 49.6 Å². The molecule has 0 radical (unpaired) electrons. The third-order valence-electron chi connectivity index (χ3n) is 7.29. The van der Waals surface area contributed by atoms with Gasteiger partial charge in [-0.2, -0.15) is 0 Å². The first-order chi connectivity index (χ1) is 20.2.